The average molecular weight is 368 g/mol. The molecule has 1 aliphatic heterocycles. The van der Waals surface area contributed by atoms with Crippen molar-refractivity contribution in [2.45, 2.75) is 31.8 Å². The van der Waals surface area contributed by atoms with Gasteiger partial charge in [-0.25, -0.2) is 0 Å². The number of aliphatic imine (C=N–C) groups is 1. The van der Waals surface area contributed by atoms with Crippen molar-refractivity contribution in [3.63, 3.8) is 0 Å². The number of morpholine rings is 1. The van der Waals surface area contributed by atoms with Gasteiger partial charge < -0.3 is 15.4 Å². The summed E-state index contributed by atoms with van der Waals surface area (Å²) in [6.07, 6.45) is 2.67. The largest absolute Gasteiger partial charge is 0.378 e. The maximum absolute atomic E-state index is 5.99. The van der Waals surface area contributed by atoms with Crippen molar-refractivity contribution in [1.29, 1.82) is 0 Å². The summed E-state index contributed by atoms with van der Waals surface area (Å²) in [6, 6.07) is 1.26. The third-order valence-electron chi connectivity index (χ3n) is 3.67. The van der Waals surface area contributed by atoms with Gasteiger partial charge in [-0.2, -0.15) is 0 Å². The van der Waals surface area contributed by atoms with Crippen molar-refractivity contribution in [3.8, 4) is 0 Å². The van der Waals surface area contributed by atoms with Gasteiger partial charge in [0.15, 0.2) is 5.96 Å². The van der Waals surface area contributed by atoms with Crippen LogP contribution in [0.4, 0.5) is 0 Å². The van der Waals surface area contributed by atoms with Gasteiger partial charge in [0, 0.05) is 25.2 Å². The predicted molar refractivity (Wildman–Crippen MR) is 84.5 cm³/mol. The fourth-order valence-corrected chi connectivity index (χ4v) is 2.09. The number of nitrogens with two attached hydrogens (primary N) is 1. The predicted octanol–water partition coefficient (Wildman–Crippen LogP) is 0.734. The van der Waals surface area contributed by atoms with E-state index in [2.05, 4.69) is 28.8 Å². The van der Waals surface area contributed by atoms with Crippen LogP contribution in [0.25, 0.3) is 0 Å². The van der Waals surface area contributed by atoms with Crippen LogP contribution in [-0.4, -0.2) is 67.7 Å². The summed E-state index contributed by atoms with van der Waals surface area (Å²) in [5.41, 5.74) is 5.99. The van der Waals surface area contributed by atoms with Crippen molar-refractivity contribution in [3.05, 3.63) is 0 Å². The molecule has 0 amide bonds. The number of hydrogen-bond acceptors (Lipinski definition) is 3. The molecule has 2 aliphatic rings. The maximum atomic E-state index is 5.99. The Bertz CT molecular complexity index is 277. The summed E-state index contributed by atoms with van der Waals surface area (Å²) < 4.78 is 5.29. The van der Waals surface area contributed by atoms with E-state index in [-0.39, 0.29) is 24.0 Å². The second kappa shape index (κ2) is 7.49. The molecule has 0 aromatic rings. The van der Waals surface area contributed by atoms with E-state index in [4.69, 9.17) is 10.5 Å². The quantitative estimate of drug-likeness (QED) is 0.452. The Morgan fingerprint density at radius 2 is 2.06 bits per heavy atom. The van der Waals surface area contributed by atoms with E-state index in [1.807, 2.05) is 0 Å². The molecular weight excluding hydrogens is 343 g/mol. The zero-order valence-electron chi connectivity index (χ0n) is 11.3. The lowest BCUT2D eigenvalue weighted by Crippen LogP contribution is -2.45. The maximum Gasteiger partial charge on any atom is 0.191 e. The first kappa shape index (κ1) is 16.0. The lowest BCUT2D eigenvalue weighted by molar-refractivity contribution is 0.0673. The third kappa shape index (κ3) is 4.55. The van der Waals surface area contributed by atoms with Gasteiger partial charge in [-0.05, 0) is 26.8 Å². The Balaban J connectivity index is 0.00000162. The van der Waals surface area contributed by atoms with E-state index < -0.39 is 0 Å². The minimum Gasteiger partial charge on any atom is -0.378 e. The van der Waals surface area contributed by atoms with Gasteiger partial charge in [-0.3, -0.25) is 9.89 Å². The molecule has 0 spiro atoms. The molecule has 2 fully saturated rings. The average Bonchev–Trinajstić information content (AvgIpc) is 3.20. The molecule has 2 N–H and O–H groups in total. The topological polar surface area (TPSA) is 54.1 Å². The molecule has 0 aromatic heterocycles. The number of hydrogen-bond donors (Lipinski definition) is 1. The summed E-state index contributed by atoms with van der Waals surface area (Å²) in [5, 5.41) is 0. The van der Waals surface area contributed by atoms with Crippen LogP contribution in [0.1, 0.15) is 19.8 Å². The lowest BCUT2D eigenvalue weighted by Gasteiger charge is -2.28. The highest BCUT2D eigenvalue weighted by Crippen LogP contribution is 2.26. The first-order chi connectivity index (χ1) is 8.18. The molecule has 106 valence electrons. The standard InChI is InChI=1S/C12H24N4O.HI/c1-10(15(2)11-3-4-11)9-14-12(13)16-5-7-17-8-6-16;/h10-11H,3-9H2,1-2H3,(H2,13,14);1H. The number of likely N-dealkylation sites (N-methyl/N-ethyl adjacent to an activating group) is 1. The fraction of sp³-hybridized carbons (Fsp3) is 0.917. The second-order valence-corrected chi connectivity index (χ2v) is 5.04. The van der Waals surface area contributed by atoms with Crippen molar-refractivity contribution in [1.82, 2.24) is 9.80 Å². The zero-order valence-corrected chi connectivity index (χ0v) is 13.7. The number of halogens is 1. The molecule has 0 radical (unpaired) electrons. The van der Waals surface area contributed by atoms with Crippen LogP contribution >= 0.6 is 24.0 Å². The highest BCUT2D eigenvalue weighted by Gasteiger charge is 2.28. The van der Waals surface area contributed by atoms with E-state index in [9.17, 15) is 0 Å². The zero-order chi connectivity index (χ0) is 12.3. The molecule has 1 unspecified atom stereocenters. The molecular formula is C12H25IN4O. The Hall–Kier alpha value is -0.0800. The van der Waals surface area contributed by atoms with Crippen molar-refractivity contribution >= 4 is 29.9 Å². The minimum absolute atomic E-state index is 0. The smallest absolute Gasteiger partial charge is 0.191 e. The first-order valence-corrected chi connectivity index (χ1v) is 6.53. The van der Waals surface area contributed by atoms with Gasteiger partial charge in [0.1, 0.15) is 0 Å². The van der Waals surface area contributed by atoms with E-state index in [1.165, 1.54) is 12.8 Å². The Labute approximate surface area is 127 Å². The van der Waals surface area contributed by atoms with Crippen LogP contribution < -0.4 is 5.73 Å². The molecule has 0 bridgehead atoms. The van der Waals surface area contributed by atoms with E-state index in [1.54, 1.807) is 0 Å². The number of rotatable bonds is 4. The second-order valence-electron chi connectivity index (χ2n) is 5.04. The van der Waals surface area contributed by atoms with Crippen molar-refractivity contribution < 1.29 is 4.74 Å². The number of guanidine groups is 1. The summed E-state index contributed by atoms with van der Waals surface area (Å²) >= 11 is 0. The highest BCUT2D eigenvalue weighted by molar-refractivity contribution is 14.0. The van der Waals surface area contributed by atoms with Gasteiger partial charge in [0.25, 0.3) is 0 Å². The molecule has 5 nitrogen and oxygen atoms in total. The van der Waals surface area contributed by atoms with Crippen LogP contribution in [0, 0.1) is 0 Å². The third-order valence-corrected chi connectivity index (χ3v) is 3.67. The molecule has 1 saturated carbocycles. The summed E-state index contributed by atoms with van der Waals surface area (Å²) in [7, 11) is 2.18. The normalized spacial score (nSPS) is 22.8. The molecule has 1 aliphatic carbocycles. The molecule has 1 heterocycles. The van der Waals surface area contributed by atoms with Crippen molar-refractivity contribution in [2.24, 2.45) is 10.7 Å². The molecule has 1 atom stereocenters. The number of ether oxygens (including phenoxy) is 1. The van der Waals surface area contributed by atoms with Gasteiger partial charge in [-0.15, -0.1) is 24.0 Å². The summed E-state index contributed by atoms with van der Waals surface area (Å²) in [6.45, 7) is 6.25. The number of nitrogens with zero attached hydrogens (tertiary/aromatic N) is 3. The lowest BCUT2D eigenvalue weighted by atomic mass is 10.3. The van der Waals surface area contributed by atoms with Gasteiger partial charge in [-0.1, -0.05) is 0 Å². The van der Waals surface area contributed by atoms with Gasteiger partial charge in [0.05, 0.1) is 19.8 Å². The monoisotopic (exact) mass is 368 g/mol. The van der Waals surface area contributed by atoms with E-state index >= 15 is 0 Å². The Morgan fingerprint density at radius 3 is 2.61 bits per heavy atom. The minimum atomic E-state index is 0. The summed E-state index contributed by atoms with van der Waals surface area (Å²) in [4.78, 5) is 9.02. The van der Waals surface area contributed by atoms with E-state index in [0.29, 0.717) is 12.0 Å². The van der Waals surface area contributed by atoms with Crippen LogP contribution in [0.3, 0.4) is 0 Å². The summed E-state index contributed by atoms with van der Waals surface area (Å²) in [5.74, 6) is 0.671. The molecule has 0 aromatic carbocycles. The Kier molecular flexibility index (Phi) is 6.65. The molecule has 1 saturated heterocycles. The Morgan fingerprint density at radius 1 is 1.44 bits per heavy atom. The fourth-order valence-electron chi connectivity index (χ4n) is 2.09. The molecule has 18 heavy (non-hydrogen) atoms. The van der Waals surface area contributed by atoms with Crippen molar-refractivity contribution in [2.75, 3.05) is 39.9 Å². The van der Waals surface area contributed by atoms with Crippen LogP contribution in [0.2, 0.25) is 0 Å². The first-order valence-electron chi connectivity index (χ1n) is 6.53. The molecule has 6 heteroatoms. The highest BCUT2D eigenvalue weighted by atomic mass is 127. The van der Waals surface area contributed by atoms with Crippen LogP contribution in [0.5, 0.6) is 0 Å². The van der Waals surface area contributed by atoms with Gasteiger partial charge >= 0.3 is 0 Å². The van der Waals surface area contributed by atoms with Crippen LogP contribution in [-0.2, 0) is 4.74 Å². The molecule has 2 rings (SSSR count). The van der Waals surface area contributed by atoms with E-state index in [0.717, 1.165) is 38.9 Å². The van der Waals surface area contributed by atoms with Crippen LogP contribution in [0.15, 0.2) is 4.99 Å². The SMILES string of the molecule is CC(CN=C(N)N1CCOCC1)N(C)C1CC1.I. The van der Waals surface area contributed by atoms with Gasteiger partial charge in [0.2, 0.25) is 0 Å².